The zero-order chi connectivity index (χ0) is 18.1. The van der Waals surface area contributed by atoms with Crippen LogP contribution in [0.1, 0.15) is 5.56 Å². The minimum atomic E-state index is -0.899. The number of rotatable bonds is 2. The van der Waals surface area contributed by atoms with Crippen molar-refractivity contribution in [2.75, 3.05) is 4.90 Å². The van der Waals surface area contributed by atoms with Crippen molar-refractivity contribution in [3.8, 4) is 11.5 Å². The molecule has 3 rings (SSSR count). The number of halogens is 1. The van der Waals surface area contributed by atoms with Crippen molar-refractivity contribution in [3.63, 3.8) is 0 Å². The Labute approximate surface area is 146 Å². The minimum Gasteiger partial charge on any atom is -0.508 e. The Morgan fingerprint density at radius 2 is 1.80 bits per heavy atom. The molecule has 0 unspecified atom stereocenters. The summed E-state index contributed by atoms with van der Waals surface area (Å²) >= 11 is 5.88. The lowest BCUT2D eigenvalue weighted by atomic mass is 10.1. The SMILES string of the molecule is O=C1NC(=O)N(c2cccc(Cl)c2)C(=O)/C1=C\c1ccc(O)cc1O. The Morgan fingerprint density at radius 3 is 2.48 bits per heavy atom. The van der Waals surface area contributed by atoms with Crippen LogP contribution >= 0.6 is 11.6 Å². The molecular weight excluding hydrogens is 348 g/mol. The molecule has 1 aliphatic rings. The Bertz CT molecular complexity index is 938. The van der Waals surface area contributed by atoms with Gasteiger partial charge in [0.15, 0.2) is 0 Å². The van der Waals surface area contributed by atoms with Crippen LogP contribution in [-0.2, 0) is 9.59 Å². The summed E-state index contributed by atoms with van der Waals surface area (Å²) in [7, 11) is 0. The van der Waals surface area contributed by atoms with Crippen LogP contribution in [0.15, 0.2) is 48.0 Å². The molecule has 25 heavy (non-hydrogen) atoms. The summed E-state index contributed by atoms with van der Waals surface area (Å²) in [6.45, 7) is 0. The first-order valence-electron chi connectivity index (χ1n) is 7.06. The first-order valence-corrected chi connectivity index (χ1v) is 7.43. The third-order valence-electron chi connectivity index (χ3n) is 3.48. The van der Waals surface area contributed by atoms with E-state index in [1.54, 1.807) is 12.1 Å². The lowest BCUT2D eigenvalue weighted by Gasteiger charge is -2.26. The molecule has 0 atom stereocenters. The van der Waals surface area contributed by atoms with Crippen molar-refractivity contribution in [2.45, 2.75) is 0 Å². The highest BCUT2D eigenvalue weighted by molar-refractivity contribution is 6.39. The van der Waals surface area contributed by atoms with E-state index in [0.717, 1.165) is 17.0 Å². The van der Waals surface area contributed by atoms with Gasteiger partial charge in [-0.25, -0.2) is 9.69 Å². The Kier molecular flexibility index (Phi) is 4.16. The number of benzene rings is 2. The van der Waals surface area contributed by atoms with E-state index in [9.17, 15) is 24.6 Å². The van der Waals surface area contributed by atoms with Crippen molar-refractivity contribution < 1.29 is 24.6 Å². The van der Waals surface area contributed by atoms with Gasteiger partial charge < -0.3 is 10.2 Å². The monoisotopic (exact) mass is 358 g/mol. The maximum Gasteiger partial charge on any atom is 0.335 e. The van der Waals surface area contributed by atoms with E-state index in [-0.39, 0.29) is 28.3 Å². The molecule has 2 aromatic rings. The molecule has 8 heteroatoms. The zero-order valence-corrected chi connectivity index (χ0v) is 13.3. The summed E-state index contributed by atoms with van der Waals surface area (Å²) in [5.41, 5.74) is -0.0133. The van der Waals surface area contributed by atoms with Gasteiger partial charge in [-0.1, -0.05) is 17.7 Å². The van der Waals surface area contributed by atoms with Crippen LogP contribution < -0.4 is 10.2 Å². The minimum absolute atomic E-state index is 0.136. The summed E-state index contributed by atoms with van der Waals surface area (Å²) < 4.78 is 0. The summed E-state index contributed by atoms with van der Waals surface area (Å²) in [5.74, 6) is -2.24. The highest BCUT2D eigenvalue weighted by atomic mass is 35.5. The molecule has 1 aliphatic heterocycles. The van der Waals surface area contributed by atoms with E-state index in [2.05, 4.69) is 5.32 Å². The number of phenolic OH excluding ortho intramolecular Hbond substituents is 2. The number of imide groups is 2. The van der Waals surface area contributed by atoms with Crippen LogP contribution in [0.5, 0.6) is 11.5 Å². The number of phenols is 2. The van der Waals surface area contributed by atoms with Gasteiger partial charge in [0, 0.05) is 16.7 Å². The number of carbonyl (C=O) groups excluding carboxylic acids is 3. The van der Waals surface area contributed by atoms with Crippen LogP contribution in [0, 0.1) is 0 Å². The molecular formula is C17H11ClN2O5. The van der Waals surface area contributed by atoms with E-state index in [1.165, 1.54) is 24.3 Å². The van der Waals surface area contributed by atoms with Crippen LogP contribution in [-0.4, -0.2) is 28.1 Å². The van der Waals surface area contributed by atoms with Crippen LogP contribution in [0.25, 0.3) is 6.08 Å². The first-order chi connectivity index (χ1) is 11.9. The van der Waals surface area contributed by atoms with Crippen LogP contribution in [0.2, 0.25) is 5.02 Å². The molecule has 3 N–H and O–H groups in total. The molecule has 1 heterocycles. The number of carbonyl (C=O) groups is 3. The molecule has 126 valence electrons. The zero-order valence-electron chi connectivity index (χ0n) is 12.6. The molecule has 0 aromatic heterocycles. The second-order valence-electron chi connectivity index (χ2n) is 5.18. The van der Waals surface area contributed by atoms with Crippen LogP contribution in [0.4, 0.5) is 10.5 Å². The summed E-state index contributed by atoms with van der Waals surface area (Å²) in [6, 6.07) is 8.83. The van der Waals surface area contributed by atoms with Gasteiger partial charge in [0.1, 0.15) is 17.1 Å². The second-order valence-corrected chi connectivity index (χ2v) is 5.62. The number of anilines is 1. The largest absolute Gasteiger partial charge is 0.508 e. The van der Waals surface area contributed by atoms with E-state index >= 15 is 0 Å². The number of nitrogens with zero attached hydrogens (tertiary/aromatic N) is 1. The number of nitrogens with one attached hydrogen (secondary N) is 1. The number of hydrogen-bond donors (Lipinski definition) is 3. The Balaban J connectivity index is 2.05. The van der Waals surface area contributed by atoms with Crippen LogP contribution in [0.3, 0.4) is 0 Å². The normalized spacial score (nSPS) is 16.3. The highest BCUT2D eigenvalue weighted by Crippen LogP contribution is 2.28. The van der Waals surface area contributed by atoms with Gasteiger partial charge in [-0.3, -0.25) is 14.9 Å². The molecule has 1 fully saturated rings. The number of hydrogen-bond acceptors (Lipinski definition) is 5. The van der Waals surface area contributed by atoms with Gasteiger partial charge in [0.05, 0.1) is 5.69 Å². The molecule has 0 aliphatic carbocycles. The second kappa shape index (κ2) is 6.29. The van der Waals surface area contributed by atoms with Crippen molar-refractivity contribution in [1.29, 1.82) is 0 Å². The average molecular weight is 359 g/mol. The summed E-state index contributed by atoms with van der Waals surface area (Å²) in [6.07, 6.45) is 1.14. The number of urea groups is 1. The van der Waals surface area contributed by atoms with Crippen molar-refractivity contribution in [1.82, 2.24) is 5.32 Å². The Hall–Kier alpha value is -3.32. The van der Waals surface area contributed by atoms with Crippen molar-refractivity contribution >= 4 is 41.2 Å². The van der Waals surface area contributed by atoms with E-state index in [1.807, 2.05) is 0 Å². The number of aromatic hydroxyl groups is 2. The standard InChI is InChI=1S/C17H11ClN2O5/c18-10-2-1-3-11(7-10)20-16(24)13(15(23)19-17(20)25)6-9-4-5-12(21)8-14(9)22/h1-8,21-22H,(H,19,23,25)/b13-6-. The molecule has 4 amide bonds. The fraction of sp³-hybridized carbons (Fsp3) is 0. The fourth-order valence-corrected chi connectivity index (χ4v) is 2.50. The van der Waals surface area contributed by atoms with Gasteiger partial charge in [-0.05, 0) is 36.4 Å². The van der Waals surface area contributed by atoms with E-state index in [0.29, 0.717) is 5.02 Å². The molecule has 1 saturated heterocycles. The number of barbiturate groups is 1. The third-order valence-corrected chi connectivity index (χ3v) is 3.72. The Morgan fingerprint density at radius 1 is 1.04 bits per heavy atom. The molecule has 0 bridgehead atoms. The highest BCUT2D eigenvalue weighted by Gasteiger charge is 2.37. The van der Waals surface area contributed by atoms with Gasteiger partial charge in [-0.15, -0.1) is 0 Å². The maximum atomic E-state index is 12.6. The van der Waals surface area contributed by atoms with Crippen molar-refractivity contribution in [2.24, 2.45) is 0 Å². The predicted octanol–water partition coefficient (Wildman–Crippen LogP) is 2.42. The van der Waals surface area contributed by atoms with Gasteiger partial charge >= 0.3 is 6.03 Å². The molecule has 0 spiro atoms. The predicted molar refractivity (Wildman–Crippen MR) is 90.2 cm³/mol. The smallest absolute Gasteiger partial charge is 0.335 e. The summed E-state index contributed by atoms with van der Waals surface area (Å²) in [4.78, 5) is 37.5. The maximum absolute atomic E-state index is 12.6. The topological polar surface area (TPSA) is 107 Å². The first kappa shape index (κ1) is 16.5. The van der Waals surface area contributed by atoms with E-state index < -0.39 is 17.8 Å². The molecule has 7 nitrogen and oxygen atoms in total. The lowest BCUT2D eigenvalue weighted by Crippen LogP contribution is -2.54. The quantitative estimate of drug-likeness (QED) is 0.564. The molecule has 2 aromatic carbocycles. The third kappa shape index (κ3) is 3.17. The lowest BCUT2D eigenvalue weighted by molar-refractivity contribution is -0.122. The fourth-order valence-electron chi connectivity index (χ4n) is 2.32. The van der Waals surface area contributed by atoms with Gasteiger partial charge in [0.25, 0.3) is 11.8 Å². The van der Waals surface area contributed by atoms with Crippen molar-refractivity contribution in [3.05, 3.63) is 58.6 Å². The van der Waals surface area contributed by atoms with Gasteiger partial charge in [-0.2, -0.15) is 0 Å². The summed E-state index contributed by atoms with van der Waals surface area (Å²) in [5, 5.41) is 21.5. The molecule has 0 radical (unpaired) electrons. The van der Waals surface area contributed by atoms with E-state index in [4.69, 9.17) is 11.6 Å². The molecule has 0 saturated carbocycles. The number of amides is 4. The average Bonchev–Trinajstić information content (AvgIpc) is 2.53. The van der Waals surface area contributed by atoms with Gasteiger partial charge in [0.2, 0.25) is 0 Å².